The van der Waals surface area contributed by atoms with Crippen molar-refractivity contribution in [2.45, 2.75) is 6.54 Å². The van der Waals surface area contributed by atoms with E-state index in [-0.39, 0.29) is 0 Å². The summed E-state index contributed by atoms with van der Waals surface area (Å²) in [4.78, 5) is 3.32. The van der Waals surface area contributed by atoms with Gasteiger partial charge in [-0.15, -0.1) is 11.3 Å². The Balaban J connectivity index is 2.14. The summed E-state index contributed by atoms with van der Waals surface area (Å²) in [6, 6.07) is 9.58. The van der Waals surface area contributed by atoms with Crippen LogP contribution in [0.1, 0.15) is 4.88 Å². The minimum Gasteiger partial charge on any atom is -0.398 e. The van der Waals surface area contributed by atoms with Crippen LogP contribution in [0.3, 0.4) is 0 Å². The Bertz CT molecular complexity index is 525. The minimum absolute atomic E-state index is 0.582. The van der Waals surface area contributed by atoms with Gasteiger partial charge in [0.05, 0.1) is 21.6 Å². The molecule has 5 heteroatoms. The molecule has 0 saturated heterocycles. The number of hydrogen-bond acceptors (Lipinski definition) is 3. The first-order valence-electron chi connectivity index (χ1n) is 5.06. The van der Waals surface area contributed by atoms with E-state index < -0.39 is 0 Å². The smallest absolute Gasteiger partial charge is 0.0931 e. The van der Waals surface area contributed by atoms with Crippen LogP contribution in [-0.4, -0.2) is 7.05 Å². The molecule has 2 aromatic rings. The van der Waals surface area contributed by atoms with Gasteiger partial charge in [-0.1, -0.05) is 23.2 Å². The summed E-state index contributed by atoms with van der Waals surface area (Å²) < 4.78 is 0.809. The Morgan fingerprint density at radius 3 is 2.59 bits per heavy atom. The molecule has 0 aliphatic heterocycles. The van der Waals surface area contributed by atoms with Crippen LogP contribution in [0, 0.1) is 0 Å². The maximum Gasteiger partial charge on any atom is 0.0931 e. The molecule has 1 heterocycles. The van der Waals surface area contributed by atoms with E-state index >= 15 is 0 Å². The Morgan fingerprint density at radius 1 is 1.24 bits per heavy atom. The van der Waals surface area contributed by atoms with Gasteiger partial charge in [0, 0.05) is 17.6 Å². The van der Waals surface area contributed by atoms with Crippen molar-refractivity contribution in [2.24, 2.45) is 0 Å². The van der Waals surface area contributed by atoms with Gasteiger partial charge in [0.1, 0.15) is 0 Å². The van der Waals surface area contributed by atoms with Crippen molar-refractivity contribution in [1.29, 1.82) is 0 Å². The summed E-state index contributed by atoms with van der Waals surface area (Å²) in [5.74, 6) is 0. The standard InChI is InChI=1S/C12H12Cl2N2S/c1-16(7-9-3-5-12(14)17-9)8-2-4-11(15)10(13)6-8/h2-6H,7,15H2,1H3. The average Bonchev–Trinajstić information content (AvgIpc) is 2.68. The van der Waals surface area contributed by atoms with Crippen molar-refractivity contribution < 1.29 is 0 Å². The van der Waals surface area contributed by atoms with Crippen LogP contribution in [0.5, 0.6) is 0 Å². The van der Waals surface area contributed by atoms with E-state index in [4.69, 9.17) is 28.9 Å². The average molecular weight is 287 g/mol. The molecule has 1 aromatic heterocycles. The molecule has 0 saturated carbocycles. The van der Waals surface area contributed by atoms with Crippen LogP contribution in [0.25, 0.3) is 0 Å². The van der Waals surface area contributed by atoms with Crippen LogP contribution in [-0.2, 0) is 6.54 Å². The number of anilines is 2. The van der Waals surface area contributed by atoms with Gasteiger partial charge in [-0.05, 0) is 30.3 Å². The number of nitrogens with two attached hydrogens (primary N) is 1. The van der Waals surface area contributed by atoms with E-state index in [1.165, 1.54) is 4.88 Å². The van der Waals surface area contributed by atoms with E-state index in [0.29, 0.717) is 10.7 Å². The van der Waals surface area contributed by atoms with Gasteiger partial charge in [-0.2, -0.15) is 0 Å². The third kappa shape index (κ3) is 3.06. The van der Waals surface area contributed by atoms with Crippen molar-refractivity contribution >= 4 is 45.9 Å². The second-order valence-corrected chi connectivity index (χ2v) is 5.97. The van der Waals surface area contributed by atoms with E-state index in [1.54, 1.807) is 11.3 Å². The zero-order chi connectivity index (χ0) is 12.4. The summed E-state index contributed by atoms with van der Waals surface area (Å²) in [5, 5.41) is 0.582. The molecule has 1 aromatic carbocycles. The van der Waals surface area contributed by atoms with Gasteiger partial charge in [-0.25, -0.2) is 0 Å². The van der Waals surface area contributed by atoms with E-state index in [9.17, 15) is 0 Å². The highest BCUT2D eigenvalue weighted by Crippen LogP contribution is 2.27. The first kappa shape index (κ1) is 12.6. The monoisotopic (exact) mass is 286 g/mol. The predicted octanol–water partition coefficient (Wildman–Crippen LogP) is 4.27. The number of nitrogens with zero attached hydrogens (tertiary/aromatic N) is 1. The van der Waals surface area contributed by atoms with Crippen LogP contribution >= 0.6 is 34.5 Å². The Kier molecular flexibility index (Phi) is 3.82. The second-order valence-electron chi connectivity index (χ2n) is 3.77. The van der Waals surface area contributed by atoms with Crippen molar-refractivity contribution in [3.63, 3.8) is 0 Å². The summed E-state index contributed by atoms with van der Waals surface area (Å²) >= 11 is 13.5. The molecule has 0 amide bonds. The highest BCUT2D eigenvalue weighted by Gasteiger charge is 2.06. The Labute approximate surface area is 115 Å². The Hall–Kier alpha value is -0.900. The van der Waals surface area contributed by atoms with Crippen LogP contribution in [0.4, 0.5) is 11.4 Å². The van der Waals surface area contributed by atoms with Gasteiger partial charge < -0.3 is 10.6 Å². The summed E-state index contributed by atoms with van der Waals surface area (Å²) in [7, 11) is 2.01. The molecule has 90 valence electrons. The van der Waals surface area contributed by atoms with E-state index in [0.717, 1.165) is 16.6 Å². The molecule has 0 bridgehead atoms. The Morgan fingerprint density at radius 2 is 2.00 bits per heavy atom. The summed E-state index contributed by atoms with van der Waals surface area (Å²) in [6.07, 6.45) is 0. The molecule has 0 spiro atoms. The molecular formula is C12H12Cl2N2S. The first-order chi connectivity index (χ1) is 8.06. The molecule has 2 N–H and O–H groups in total. The maximum absolute atomic E-state index is 5.99. The van der Waals surface area contributed by atoms with Crippen molar-refractivity contribution in [1.82, 2.24) is 0 Å². The highest BCUT2D eigenvalue weighted by molar-refractivity contribution is 7.16. The largest absolute Gasteiger partial charge is 0.398 e. The lowest BCUT2D eigenvalue weighted by Gasteiger charge is -2.19. The lowest BCUT2D eigenvalue weighted by Crippen LogP contribution is -2.15. The zero-order valence-electron chi connectivity index (χ0n) is 9.28. The number of nitrogen functional groups attached to an aromatic ring is 1. The minimum atomic E-state index is 0.582. The maximum atomic E-state index is 5.99. The third-order valence-corrected chi connectivity index (χ3v) is 3.99. The molecule has 2 rings (SSSR count). The summed E-state index contributed by atoms with van der Waals surface area (Å²) in [6.45, 7) is 0.803. The third-order valence-electron chi connectivity index (χ3n) is 2.45. The zero-order valence-corrected chi connectivity index (χ0v) is 11.6. The van der Waals surface area contributed by atoms with Crippen molar-refractivity contribution in [3.05, 3.63) is 44.6 Å². The molecule has 0 atom stereocenters. The first-order valence-corrected chi connectivity index (χ1v) is 6.64. The molecule has 0 fully saturated rings. The molecule has 0 unspecified atom stereocenters. The van der Waals surface area contributed by atoms with Gasteiger partial charge in [0.15, 0.2) is 0 Å². The van der Waals surface area contributed by atoms with Gasteiger partial charge in [0.2, 0.25) is 0 Å². The molecular weight excluding hydrogens is 275 g/mol. The summed E-state index contributed by atoms with van der Waals surface area (Å²) in [5.41, 5.74) is 7.31. The number of benzene rings is 1. The predicted molar refractivity (Wildman–Crippen MR) is 77.3 cm³/mol. The quantitative estimate of drug-likeness (QED) is 0.854. The second kappa shape index (κ2) is 5.17. The normalized spacial score (nSPS) is 10.5. The van der Waals surface area contributed by atoms with Gasteiger partial charge in [0.25, 0.3) is 0 Å². The lowest BCUT2D eigenvalue weighted by atomic mass is 10.2. The lowest BCUT2D eigenvalue weighted by molar-refractivity contribution is 0.941. The number of hydrogen-bond donors (Lipinski definition) is 1. The SMILES string of the molecule is CN(Cc1ccc(Cl)s1)c1ccc(N)c(Cl)c1. The van der Waals surface area contributed by atoms with E-state index in [1.807, 2.05) is 37.4 Å². The van der Waals surface area contributed by atoms with Gasteiger partial charge in [-0.3, -0.25) is 0 Å². The fourth-order valence-electron chi connectivity index (χ4n) is 1.52. The van der Waals surface area contributed by atoms with Crippen molar-refractivity contribution in [2.75, 3.05) is 17.7 Å². The topological polar surface area (TPSA) is 29.3 Å². The van der Waals surface area contributed by atoms with E-state index in [2.05, 4.69) is 4.90 Å². The number of thiophene rings is 1. The van der Waals surface area contributed by atoms with Gasteiger partial charge >= 0.3 is 0 Å². The molecule has 17 heavy (non-hydrogen) atoms. The van der Waals surface area contributed by atoms with Crippen LogP contribution in [0.2, 0.25) is 9.36 Å². The molecule has 0 aliphatic carbocycles. The molecule has 2 nitrogen and oxygen atoms in total. The fraction of sp³-hybridized carbons (Fsp3) is 0.167. The van der Waals surface area contributed by atoms with Crippen LogP contribution < -0.4 is 10.6 Å². The fourth-order valence-corrected chi connectivity index (χ4v) is 2.83. The van der Waals surface area contributed by atoms with Crippen molar-refractivity contribution in [3.8, 4) is 0 Å². The number of rotatable bonds is 3. The number of halogens is 2. The van der Waals surface area contributed by atoms with Crippen LogP contribution in [0.15, 0.2) is 30.3 Å². The molecule has 0 aliphatic rings. The molecule has 0 radical (unpaired) electrons. The highest BCUT2D eigenvalue weighted by atomic mass is 35.5.